The molecule has 1 amide bonds. The number of hydrogen-bond acceptors (Lipinski definition) is 2. The van der Waals surface area contributed by atoms with Crippen molar-refractivity contribution in [2.75, 3.05) is 5.88 Å². The minimum atomic E-state index is -0.556. The smallest absolute Gasteiger partial charge is 0.250 e. The van der Waals surface area contributed by atoms with E-state index in [0.717, 1.165) is 29.9 Å². The number of imidazole rings is 1. The van der Waals surface area contributed by atoms with E-state index in [4.69, 9.17) is 28.9 Å². The first-order valence-corrected chi connectivity index (χ1v) is 8.63. The van der Waals surface area contributed by atoms with Gasteiger partial charge in [0.15, 0.2) is 0 Å². The van der Waals surface area contributed by atoms with Crippen molar-refractivity contribution in [2.24, 2.45) is 5.73 Å². The van der Waals surface area contributed by atoms with Crippen LogP contribution in [0.5, 0.6) is 0 Å². The van der Waals surface area contributed by atoms with Gasteiger partial charge in [0.1, 0.15) is 11.3 Å². The maximum absolute atomic E-state index is 11.5. The van der Waals surface area contributed by atoms with Crippen LogP contribution in [0.15, 0.2) is 36.4 Å². The van der Waals surface area contributed by atoms with Crippen molar-refractivity contribution in [3.8, 4) is 5.69 Å². The van der Waals surface area contributed by atoms with Gasteiger partial charge in [0.05, 0.1) is 16.1 Å². The van der Waals surface area contributed by atoms with Crippen molar-refractivity contribution >= 4 is 40.1 Å². The molecule has 2 N–H and O–H groups in total. The SMILES string of the molecule is CCc1nc2c(Cl)c(C(N)=O)ccc2n1-c1ccc(CCCl)cc1. The summed E-state index contributed by atoms with van der Waals surface area (Å²) in [4.78, 5) is 16.1. The fourth-order valence-electron chi connectivity index (χ4n) is 2.80. The summed E-state index contributed by atoms with van der Waals surface area (Å²) in [7, 11) is 0. The van der Waals surface area contributed by atoms with Gasteiger partial charge in [0.25, 0.3) is 0 Å². The second kappa shape index (κ2) is 6.83. The number of nitrogens with zero attached hydrogens (tertiary/aromatic N) is 2. The van der Waals surface area contributed by atoms with E-state index >= 15 is 0 Å². The molecule has 2 aromatic carbocycles. The Bertz CT molecular complexity index is 901. The molecule has 0 fully saturated rings. The molecular formula is C18H17Cl2N3O. The number of benzene rings is 2. The Morgan fingerprint density at radius 2 is 1.92 bits per heavy atom. The summed E-state index contributed by atoms with van der Waals surface area (Å²) < 4.78 is 2.05. The molecular weight excluding hydrogens is 345 g/mol. The zero-order chi connectivity index (χ0) is 17.3. The number of carbonyl (C=O) groups is 1. The molecule has 4 nitrogen and oxygen atoms in total. The lowest BCUT2D eigenvalue weighted by Crippen LogP contribution is -2.11. The minimum absolute atomic E-state index is 0.286. The first-order valence-electron chi connectivity index (χ1n) is 7.71. The van der Waals surface area contributed by atoms with E-state index in [9.17, 15) is 4.79 Å². The zero-order valence-electron chi connectivity index (χ0n) is 13.2. The number of primary amides is 1. The highest BCUT2D eigenvalue weighted by molar-refractivity contribution is 6.38. The van der Waals surface area contributed by atoms with Gasteiger partial charge in [-0.25, -0.2) is 4.98 Å². The van der Waals surface area contributed by atoms with Crippen molar-refractivity contribution in [3.63, 3.8) is 0 Å². The van der Waals surface area contributed by atoms with Gasteiger partial charge in [-0.05, 0) is 36.2 Å². The van der Waals surface area contributed by atoms with Crippen molar-refractivity contribution in [2.45, 2.75) is 19.8 Å². The molecule has 0 bridgehead atoms. The molecule has 24 heavy (non-hydrogen) atoms. The normalized spacial score (nSPS) is 11.1. The molecule has 3 rings (SSSR count). The second-order valence-electron chi connectivity index (χ2n) is 5.48. The molecule has 0 unspecified atom stereocenters. The lowest BCUT2D eigenvalue weighted by atomic mass is 10.1. The van der Waals surface area contributed by atoms with Gasteiger partial charge < -0.3 is 5.73 Å². The third-order valence-electron chi connectivity index (χ3n) is 3.99. The summed E-state index contributed by atoms with van der Waals surface area (Å²) in [5, 5.41) is 0.298. The molecule has 0 saturated carbocycles. The Morgan fingerprint density at radius 1 is 1.21 bits per heavy atom. The van der Waals surface area contributed by atoms with E-state index in [1.54, 1.807) is 6.07 Å². The molecule has 0 aliphatic heterocycles. The van der Waals surface area contributed by atoms with Crippen LogP contribution in [-0.4, -0.2) is 21.3 Å². The van der Waals surface area contributed by atoms with Gasteiger partial charge >= 0.3 is 0 Å². The Labute approximate surface area is 150 Å². The van der Waals surface area contributed by atoms with Crippen LogP contribution >= 0.6 is 23.2 Å². The number of aromatic nitrogens is 2. The fraction of sp³-hybridized carbons (Fsp3) is 0.222. The van der Waals surface area contributed by atoms with Crippen molar-refractivity contribution in [3.05, 3.63) is 58.4 Å². The molecule has 0 spiro atoms. The van der Waals surface area contributed by atoms with Gasteiger partial charge in [-0.1, -0.05) is 30.7 Å². The van der Waals surface area contributed by atoms with Crippen LogP contribution in [0.3, 0.4) is 0 Å². The molecule has 6 heteroatoms. The first-order chi connectivity index (χ1) is 11.6. The van der Waals surface area contributed by atoms with E-state index in [2.05, 4.69) is 21.7 Å². The van der Waals surface area contributed by atoms with E-state index in [-0.39, 0.29) is 5.56 Å². The van der Waals surface area contributed by atoms with Crippen LogP contribution in [0.4, 0.5) is 0 Å². The third-order valence-corrected chi connectivity index (χ3v) is 4.57. The van der Waals surface area contributed by atoms with Crippen LogP contribution in [0.1, 0.15) is 28.7 Å². The van der Waals surface area contributed by atoms with Gasteiger partial charge in [0.2, 0.25) is 5.91 Å². The molecule has 1 aromatic heterocycles. The van der Waals surface area contributed by atoms with Crippen molar-refractivity contribution in [1.82, 2.24) is 9.55 Å². The number of rotatable bonds is 5. The van der Waals surface area contributed by atoms with E-state index in [0.29, 0.717) is 16.4 Å². The highest BCUT2D eigenvalue weighted by atomic mass is 35.5. The molecule has 0 radical (unpaired) electrons. The van der Waals surface area contributed by atoms with E-state index in [1.807, 2.05) is 25.1 Å². The van der Waals surface area contributed by atoms with Crippen molar-refractivity contribution < 1.29 is 4.79 Å². The third kappa shape index (κ3) is 2.87. The van der Waals surface area contributed by atoms with E-state index < -0.39 is 5.91 Å². The lowest BCUT2D eigenvalue weighted by molar-refractivity contribution is 0.100. The molecule has 3 aromatic rings. The first kappa shape index (κ1) is 16.8. The van der Waals surface area contributed by atoms with Crippen LogP contribution in [0, 0.1) is 0 Å². The Kier molecular flexibility index (Phi) is 4.78. The average molecular weight is 362 g/mol. The summed E-state index contributed by atoms with van der Waals surface area (Å²) in [6.07, 6.45) is 1.57. The van der Waals surface area contributed by atoms with Gasteiger partial charge in [0, 0.05) is 18.0 Å². The largest absolute Gasteiger partial charge is 0.366 e. The summed E-state index contributed by atoms with van der Waals surface area (Å²) in [5.41, 5.74) is 9.28. The Balaban J connectivity index is 2.19. The summed E-state index contributed by atoms with van der Waals surface area (Å²) in [6.45, 7) is 2.03. The quantitative estimate of drug-likeness (QED) is 0.694. The standard InChI is InChI=1S/C18H17Cl2N3O/c1-2-15-22-17-14(8-7-13(16(17)20)18(21)24)23(15)12-5-3-11(4-6-12)9-10-19/h3-8H,2,9-10H2,1H3,(H2,21,24). The fourth-order valence-corrected chi connectivity index (χ4v) is 3.31. The number of alkyl halides is 1. The number of amides is 1. The molecule has 1 heterocycles. The number of nitrogens with two attached hydrogens (primary N) is 1. The number of hydrogen-bond donors (Lipinski definition) is 1. The predicted octanol–water partition coefficient (Wildman–Crippen LogP) is 4.12. The Hall–Kier alpha value is -2.04. The molecule has 0 atom stereocenters. The molecule has 0 aliphatic rings. The number of aryl methyl sites for hydroxylation is 2. The van der Waals surface area contributed by atoms with Crippen LogP contribution in [0.25, 0.3) is 16.7 Å². The lowest BCUT2D eigenvalue weighted by Gasteiger charge is -2.09. The molecule has 0 aliphatic carbocycles. The van der Waals surface area contributed by atoms with Gasteiger partial charge in [-0.15, -0.1) is 11.6 Å². The molecule has 124 valence electrons. The van der Waals surface area contributed by atoms with Gasteiger partial charge in [-0.2, -0.15) is 0 Å². The maximum Gasteiger partial charge on any atom is 0.250 e. The summed E-state index contributed by atoms with van der Waals surface area (Å²) >= 11 is 12.1. The Morgan fingerprint density at radius 3 is 2.50 bits per heavy atom. The highest BCUT2D eigenvalue weighted by Gasteiger charge is 2.17. The van der Waals surface area contributed by atoms with Crippen LogP contribution < -0.4 is 5.73 Å². The minimum Gasteiger partial charge on any atom is -0.366 e. The zero-order valence-corrected chi connectivity index (χ0v) is 14.7. The van der Waals surface area contributed by atoms with Crippen LogP contribution in [-0.2, 0) is 12.8 Å². The summed E-state index contributed by atoms with van der Waals surface area (Å²) in [5.74, 6) is 0.914. The topological polar surface area (TPSA) is 60.9 Å². The number of halogens is 2. The second-order valence-corrected chi connectivity index (χ2v) is 6.24. The maximum atomic E-state index is 11.5. The number of fused-ring (bicyclic) bond motifs is 1. The summed E-state index contributed by atoms with van der Waals surface area (Å²) in [6, 6.07) is 11.7. The average Bonchev–Trinajstić information content (AvgIpc) is 2.95. The van der Waals surface area contributed by atoms with Gasteiger partial charge in [-0.3, -0.25) is 9.36 Å². The van der Waals surface area contributed by atoms with Crippen molar-refractivity contribution in [1.29, 1.82) is 0 Å². The number of carbonyl (C=O) groups excluding carboxylic acids is 1. The van der Waals surface area contributed by atoms with E-state index in [1.165, 1.54) is 5.56 Å². The predicted molar refractivity (Wildman–Crippen MR) is 98.4 cm³/mol. The molecule has 0 saturated heterocycles. The monoisotopic (exact) mass is 361 g/mol. The highest BCUT2D eigenvalue weighted by Crippen LogP contribution is 2.30. The van der Waals surface area contributed by atoms with Crippen LogP contribution in [0.2, 0.25) is 5.02 Å².